The van der Waals surface area contributed by atoms with Gasteiger partial charge in [-0.15, -0.1) is 0 Å². The summed E-state index contributed by atoms with van der Waals surface area (Å²) in [6.07, 6.45) is 0. The summed E-state index contributed by atoms with van der Waals surface area (Å²) in [6.45, 7) is 1.89. The van der Waals surface area contributed by atoms with E-state index in [0.29, 0.717) is 11.5 Å². The molecule has 2 rings (SSSR count). The number of hydrogen-bond acceptors (Lipinski definition) is 5. The molecule has 5 nitrogen and oxygen atoms in total. The van der Waals surface area contributed by atoms with Gasteiger partial charge in [0, 0.05) is 23.9 Å². The van der Waals surface area contributed by atoms with Crippen molar-refractivity contribution in [3.8, 4) is 0 Å². The van der Waals surface area contributed by atoms with Crippen molar-refractivity contribution >= 4 is 11.8 Å². The minimum Gasteiger partial charge on any atom is -0.366 e. The van der Waals surface area contributed by atoms with Crippen LogP contribution in [0.2, 0.25) is 0 Å². The highest BCUT2D eigenvalue weighted by molar-refractivity contribution is 5.42. The third-order valence-corrected chi connectivity index (χ3v) is 2.45. The molecule has 1 heterocycles. The molecule has 0 saturated heterocycles. The molecule has 0 spiro atoms. The van der Waals surface area contributed by atoms with Gasteiger partial charge in [-0.25, -0.2) is 19.6 Å². The maximum atomic E-state index is 13.4. The van der Waals surface area contributed by atoms with Gasteiger partial charge in [0.15, 0.2) is 0 Å². The molecule has 0 saturated carbocycles. The predicted molar refractivity (Wildman–Crippen MR) is 68.3 cm³/mol. The molecule has 7 heteroatoms. The van der Waals surface area contributed by atoms with Crippen LogP contribution >= 0.6 is 0 Å². The van der Waals surface area contributed by atoms with Crippen molar-refractivity contribution in [2.75, 3.05) is 10.7 Å². The lowest BCUT2D eigenvalue weighted by Crippen LogP contribution is -2.13. The van der Waals surface area contributed by atoms with E-state index in [2.05, 4.69) is 20.7 Å². The van der Waals surface area contributed by atoms with Gasteiger partial charge < -0.3 is 5.32 Å². The Morgan fingerprint density at radius 3 is 2.74 bits per heavy atom. The van der Waals surface area contributed by atoms with Gasteiger partial charge in [0.05, 0.1) is 0 Å². The van der Waals surface area contributed by atoms with Crippen LogP contribution in [0.25, 0.3) is 0 Å². The molecule has 1 aromatic heterocycles. The molecule has 0 atom stereocenters. The second-order valence-electron chi connectivity index (χ2n) is 3.95. The van der Waals surface area contributed by atoms with Crippen LogP contribution in [-0.4, -0.2) is 9.97 Å². The van der Waals surface area contributed by atoms with Gasteiger partial charge in [-0.2, -0.15) is 4.98 Å². The van der Waals surface area contributed by atoms with E-state index in [9.17, 15) is 8.78 Å². The zero-order valence-electron chi connectivity index (χ0n) is 10.2. The van der Waals surface area contributed by atoms with Gasteiger partial charge in [0.1, 0.15) is 17.5 Å². The highest BCUT2D eigenvalue weighted by atomic mass is 19.1. The summed E-state index contributed by atoms with van der Waals surface area (Å²) in [7, 11) is 0. The number of aromatic nitrogens is 2. The number of nitrogens with one attached hydrogen (secondary N) is 2. The van der Waals surface area contributed by atoms with E-state index < -0.39 is 11.6 Å². The Bertz CT molecular complexity index is 588. The van der Waals surface area contributed by atoms with Gasteiger partial charge in [-0.3, -0.25) is 5.43 Å². The fourth-order valence-electron chi connectivity index (χ4n) is 1.59. The molecule has 0 fully saturated rings. The van der Waals surface area contributed by atoms with E-state index >= 15 is 0 Å². The molecule has 100 valence electrons. The van der Waals surface area contributed by atoms with Gasteiger partial charge in [0.2, 0.25) is 5.95 Å². The van der Waals surface area contributed by atoms with E-state index in [4.69, 9.17) is 5.84 Å². The Morgan fingerprint density at radius 1 is 1.21 bits per heavy atom. The summed E-state index contributed by atoms with van der Waals surface area (Å²) in [5.74, 6) is 4.99. The topological polar surface area (TPSA) is 75.9 Å². The Kier molecular flexibility index (Phi) is 3.86. The van der Waals surface area contributed by atoms with Crippen LogP contribution in [0.15, 0.2) is 24.3 Å². The molecule has 0 aliphatic carbocycles. The molecule has 0 amide bonds. The normalized spacial score (nSPS) is 10.3. The van der Waals surface area contributed by atoms with Crippen LogP contribution in [0.1, 0.15) is 11.3 Å². The standard InChI is InChI=1S/C12H13F2N5/c1-7-4-11(18-12(17-7)19-15)16-6-8-5-9(13)2-3-10(8)14/h2-5H,6,15H2,1H3,(H2,16,17,18,19). The molecule has 2 aromatic rings. The van der Waals surface area contributed by atoms with Gasteiger partial charge in [-0.05, 0) is 25.1 Å². The van der Waals surface area contributed by atoms with E-state index in [0.717, 1.165) is 18.2 Å². The number of rotatable bonds is 4. The number of nitrogens with two attached hydrogens (primary N) is 1. The molecule has 0 unspecified atom stereocenters. The SMILES string of the molecule is Cc1cc(NCc2cc(F)ccc2F)nc(NN)n1. The first kappa shape index (κ1) is 13.2. The van der Waals surface area contributed by atoms with Crippen molar-refractivity contribution in [1.29, 1.82) is 0 Å². The van der Waals surface area contributed by atoms with Crippen LogP contribution < -0.4 is 16.6 Å². The Balaban J connectivity index is 2.14. The van der Waals surface area contributed by atoms with Crippen molar-refractivity contribution < 1.29 is 8.78 Å². The van der Waals surface area contributed by atoms with Crippen LogP contribution in [-0.2, 0) is 6.54 Å². The number of anilines is 2. The van der Waals surface area contributed by atoms with E-state index in [-0.39, 0.29) is 18.1 Å². The quantitative estimate of drug-likeness (QED) is 0.582. The van der Waals surface area contributed by atoms with Gasteiger partial charge >= 0.3 is 0 Å². The molecule has 4 N–H and O–H groups in total. The zero-order chi connectivity index (χ0) is 13.8. The maximum absolute atomic E-state index is 13.4. The van der Waals surface area contributed by atoms with Crippen LogP contribution in [0.4, 0.5) is 20.5 Å². The summed E-state index contributed by atoms with van der Waals surface area (Å²) >= 11 is 0. The number of hydrazine groups is 1. The lowest BCUT2D eigenvalue weighted by atomic mass is 10.2. The average Bonchev–Trinajstić information content (AvgIpc) is 2.39. The Morgan fingerprint density at radius 2 is 2.00 bits per heavy atom. The molecule has 0 radical (unpaired) electrons. The summed E-state index contributed by atoms with van der Waals surface area (Å²) < 4.78 is 26.4. The second kappa shape index (κ2) is 5.57. The lowest BCUT2D eigenvalue weighted by molar-refractivity contribution is 0.587. The first-order valence-corrected chi connectivity index (χ1v) is 5.58. The van der Waals surface area contributed by atoms with Crippen molar-refractivity contribution in [1.82, 2.24) is 9.97 Å². The second-order valence-corrected chi connectivity index (χ2v) is 3.95. The minimum absolute atomic E-state index is 0.115. The Labute approximate surface area is 108 Å². The fourth-order valence-corrected chi connectivity index (χ4v) is 1.59. The molecule has 19 heavy (non-hydrogen) atoms. The largest absolute Gasteiger partial charge is 0.366 e. The maximum Gasteiger partial charge on any atom is 0.239 e. The smallest absolute Gasteiger partial charge is 0.239 e. The van der Waals surface area contributed by atoms with Crippen LogP contribution in [0.3, 0.4) is 0 Å². The van der Waals surface area contributed by atoms with Gasteiger partial charge in [0.25, 0.3) is 0 Å². The van der Waals surface area contributed by atoms with Crippen molar-refractivity contribution in [3.05, 3.63) is 47.2 Å². The number of nitrogens with zero attached hydrogens (tertiary/aromatic N) is 2. The highest BCUT2D eigenvalue weighted by Crippen LogP contribution is 2.13. The number of benzene rings is 1. The number of hydrogen-bond donors (Lipinski definition) is 3. The van der Waals surface area contributed by atoms with E-state index in [1.54, 1.807) is 13.0 Å². The summed E-state index contributed by atoms with van der Waals surface area (Å²) in [6, 6.07) is 4.98. The monoisotopic (exact) mass is 265 g/mol. The fraction of sp³-hybridized carbons (Fsp3) is 0.167. The molecular weight excluding hydrogens is 252 g/mol. The van der Waals surface area contributed by atoms with E-state index in [1.807, 2.05) is 0 Å². The third kappa shape index (κ3) is 3.35. The van der Waals surface area contributed by atoms with Gasteiger partial charge in [-0.1, -0.05) is 0 Å². The van der Waals surface area contributed by atoms with Crippen LogP contribution in [0.5, 0.6) is 0 Å². The highest BCUT2D eigenvalue weighted by Gasteiger charge is 2.05. The summed E-state index contributed by atoms with van der Waals surface area (Å²) in [4.78, 5) is 8.06. The molecule has 0 aliphatic heterocycles. The van der Waals surface area contributed by atoms with Crippen molar-refractivity contribution in [2.45, 2.75) is 13.5 Å². The molecule has 0 bridgehead atoms. The average molecular weight is 265 g/mol. The Hall–Kier alpha value is -2.28. The summed E-state index contributed by atoms with van der Waals surface area (Å²) in [5.41, 5.74) is 3.25. The summed E-state index contributed by atoms with van der Waals surface area (Å²) in [5, 5.41) is 2.89. The van der Waals surface area contributed by atoms with Crippen molar-refractivity contribution in [3.63, 3.8) is 0 Å². The van der Waals surface area contributed by atoms with Crippen molar-refractivity contribution in [2.24, 2.45) is 5.84 Å². The van der Waals surface area contributed by atoms with E-state index in [1.165, 1.54) is 0 Å². The first-order valence-electron chi connectivity index (χ1n) is 5.58. The number of halogens is 2. The van der Waals surface area contributed by atoms with Crippen LogP contribution in [0, 0.1) is 18.6 Å². The molecule has 1 aromatic carbocycles. The lowest BCUT2D eigenvalue weighted by Gasteiger charge is -2.09. The predicted octanol–water partition coefficient (Wildman–Crippen LogP) is 1.96. The zero-order valence-corrected chi connectivity index (χ0v) is 10.2. The number of nitrogen functional groups attached to an aromatic ring is 1. The first-order chi connectivity index (χ1) is 9.08. The minimum atomic E-state index is -0.485. The molecular formula is C12H13F2N5. The number of aryl methyl sites for hydroxylation is 1. The third-order valence-electron chi connectivity index (χ3n) is 2.45. The molecule has 0 aliphatic rings.